The summed E-state index contributed by atoms with van der Waals surface area (Å²) < 4.78 is 26.1. The Balaban J connectivity index is 2.40. The normalized spacial score (nSPS) is 22.3. The first-order valence-electron chi connectivity index (χ1n) is 6.30. The maximum absolute atomic E-state index is 11.7. The Hall–Kier alpha value is -0.170. The minimum Gasteiger partial charge on any atom is -0.395 e. The van der Waals surface area contributed by atoms with Crippen molar-refractivity contribution >= 4 is 10.0 Å². The van der Waals surface area contributed by atoms with Gasteiger partial charge in [0.1, 0.15) is 0 Å². The van der Waals surface area contributed by atoms with Crippen LogP contribution in [-0.2, 0) is 10.0 Å². The largest absolute Gasteiger partial charge is 0.395 e. The Morgan fingerprint density at radius 2 is 1.82 bits per heavy atom. The van der Waals surface area contributed by atoms with Gasteiger partial charge in [0.2, 0.25) is 10.0 Å². The van der Waals surface area contributed by atoms with Gasteiger partial charge in [0, 0.05) is 12.6 Å². The lowest BCUT2D eigenvalue weighted by Crippen LogP contribution is -2.46. The number of piperidine rings is 1. The smallest absolute Gasteiger partial charge is 0.216 e. The van der Waals surface area contributed by atoms with Crippen LogP contribution in [0.1, 0.15) is 33.1 Å². The number of nitrogens with zero attached hydrogens (tertiary/aromatic N) is 1. The van der Waals surface area contributed by atoms with E-state index in [1.807, 2.05) is 6.92 Å². The zero-order valence-electron chi connectivity index (χ0n) is 10.7. The number of nitrogens with one attached hydrogen (secondary N) is 1. The Kier molecular flexibility index (Phi) is 5.85. The molecule has 0 aromatic heterocycles. The highest BCUT2D eigenvalue weighted by molar-refractivity contribution is 7.90. The zero-order chi connectivity index (χ0) is 12.9. The number of aliphatic hydroxyl groups is 1. The number of rotatable bonds is 6. The van der Waals surface area contributed by atoms with Crippen molar-refractivity contribution in [2.45, 2.75) is 44.4 Å². The molecule has 0 aromatic carbocycles. The number of likely N-dealkylation sites (tertiary alicyclic amines) is 1. The van der Waals surface area contributed by atoms with Crippen LogP contribution in [-0.4, -0.2) is 56.0 Å². The van der Waals surface area contributed by atoms with E-state index in [0.717, 1.165) is 19.6 Å². The average Bonchev–Trinajstić information content (AvgIpc) is 2.28. The van der Waals surface area contributed by atoms with Gasteiger partial charge in [0.15, 0.2) is 0 Å². The molecule has 2 N–H and O–H groups in total. The van der Waals surface area contributed by atoms with Crippen LogP contribution in [0.4, 0.5) is 0 Å². The number of sulfonamides is 1. The molecule has 0 aliphatic carbocycles. The van der Waals surface area contributed by atoms with Crippen LogP contribution >= 0.6 is 0 Å². The summed E-state index contributed by atoms with van der Waals surface area (Å²) >= 11 is 0. The summed E-state index contributed by atoms with van der Waals surface area (Å²) in [5, 5.41) is 8.13. The molecule has 5 nitrogen and oxygen atoms in total. The molecule has 0 spiro atoms. The van der Waals surface area contributed by atoms with Crippen LogP contribution in [0.2, 0.25) is 0 Å². The van der Waals surface area contributed by atoms with Gasteiger partial charge < -0.3 is 10.0 Å². The minimum absolute atomic E-state index is 0.105. The van der Waals surface area contributed by atoms with Gasteiger partial charge in [0.25, 0.3) is 0 Å². The summed E-state index contributed by atoms with van der Waals surface area (Å²) in [4.78, 5) is 2.29. The van der Waals surface area contributed by atoms with Crippen LogP contribution < -0.4 is 4.72 Å². The second-order valence-corrected chi connectivity index (χ2v) is 7.05. The number of hydrogen-bond acceptors (Lipinski definition) is 4. The second-order valence-electron chi connectivity index (χ2n) is 4.92. The summed E-state index contributed by atoms with van der Waals surface area (Å²) in [5.74, 6) is 0. The van der Waals surface area contributed by atoms with Gasteiger partial charge >= 0.3 is 0 Å². The highest BCUT2D eigenvalue weighted by Gasteiger charge is 2.23. The van der Waals surface area contributed by atoms with Crippen molar-refractivity contribution in [3.8, 4) is 0 Å². The minimum atomic E-state index is -3.39. The molecule has 0 radical (unpaired) electrons. The Morgan fingerprint density at radius 1 is 1.24 bits per heavy atom. The first-order chi connectivity index (χ1) is 7.95. The van der Waals surface area contributed by atoms with Gasteiger partial charge in [-0.2, -0.15) is 0 Å². The summed E-state index contributed by atoms with van der Waals surface area (Å²) in [6, 6.07) is -0.105. The van der Waals surface area contributed by atoms with Gasteiger partial charge in [-0.1, -0.05) is 6.42 Å². The first-order valence-corrected chi connectivity index (χ1v) is 7.84. The highest BCUT2D eigenvalue weighted by atomic mass is 32.2. The Morgan fingerprint density at radius 3 is 2.35 bits per heavy atom. The van der Waals surface area contributed by atoms with Gasteiger partial charge in [-0.05, 0) is 39.8 Å². The summed E-state index contributed by atoms with van der Waals surface area (Å²) in [6.07, 6.45) is 3.68. The summed E-state index contributed by atoms with van der Waals surface area (Å²) in [6.45, 7) is 5.90. The third kappa shape index (κ3) is 4.91. The van der Waals surface area contributed by atoms with Crippen molar-refractivity contribution in [3.63, 3.8) is 0 Å². The molecule has 102 valence electrons. The van der Waals surface area contributed by atoms with E-state index < -0.39 is 15.3 Å². The van der Waals surface area contributed by atoms with Gasteiger partial charge in [-0.15, -0.1) is 0 Å². The molecular weight excluding hydrogens is 240 g/mol. The molecule has 2 unspecified atom stereocenters. The van der Waals surface area contributed by atoms with Crippen LogP contribution in [0.15, 0.2) is 0 Å². The predicted molar refractivity (Wildman–Crippen MR) is 68.4 cm³/mol. The third-order valence-corrected chi connectivity index (χ3v) is 5.07. The van der Waals surface area contributed by atoms with Gasteiger partial charge in [0.05, 0.1) is 11.9 Å². The van der Waals surface area contributed by atoms with E-state index in [-0.39, 0.29) is 12.6 Å². The Labute approximate surface area is 104 Å². The van der Waals surface area contributed by atoms with E-state index in [1.54, 1.807) is 0 Å². The van der Waals surface area contributed by atoms with E-state index >= 15 is 0 Å². The molecular formula is C11H24N2O3S. The van der Waals surface area contributed by atoms with Crippen LogP contribution in [0, 0.1) is 0 Å². The fraction of sp³-hybridized carbons (Fsp3) is 1.00. The van der Waals surface area contributed by atoms with Crippen LogP contribution in [0.3, 0.4) is 0 Å². The fourth-order valence-electron chi connectivity index (χ4n) is 2.06. The number of aliphatic hydroxyl groups excluding tert-OH is 1. The molecule has 1 heterocycles. The average molecular weight is 264 g/mol. The van der Waals surface area contributed by atoms with Crippen molar-refractivity contribution in [3.05, 3.63) is 0 Å². The lowest BCUT2D eigenvalue weighted by molar-refractivity contribution is 0.215. The monoisotopic (exact) mass is 264 g/mol. The second kappa shape index (κ2) is 6.68. The van der Waals surface area contributed by atoms with Crippen LogP contribution in [0.25, 0.3) is 0 Å². The molecule has 0 amide bonds. The molecule has 6 heteroatoms. The van der Waals surface area contributed by atoms with E-state index in [1.165, 1.54) is 26.2 Å². The molecule has 1 fully saturated rings. The van der Waals surface area contributed by atoms with Crippen molar-refractivity contribution < 1.29 is 13.5 Å². The maximum Gasteiger partial charge on any atom is 0.216 e. The molecule has 1 aliphatic heterocycles. The van der Waals surface area contributed by atoms with E-state index in [0.29, 0.717) is 0 Å². The molecule has 1 aliphatic rings. The predicted octanol–water partition coefficient (Wildman–Crippen LogP) is 0.161. The zero-order valence-corrected chi connectivity index (χ0v) is 11.5. The summed E-state index contributed by atoms with van der Waals surface area (Å²) in [7, 11) is -3.39. The van der Waals surface area contributed by atoms with E-state index in [9.17, 15) is 8.42 Å². The molecule has 0 aromatic rings. The van der Waals surface area contributed by atoms with Crippen molar-refractivity contribution in [2.75, 3.05) is 26.2 Å². The highest BCUT2D eigenvalue weighted by Crippen LogP contribution is 2.09. The third-order valence-electron chi connectivity index (χ3n) is 3.13. The van der Waals surface area contributed by atoms with Crippen molar-refractivity contribution in [1.29, 1.82) is 0 Å². The fourth-order valence-corrected chi connectivity index (χ4v) is 3.13. The topological polar surface area (TPSA) is 69.6 Å². The summed E-state index contributed by atoms with van der Waals surface area (Å²) in [5.41, 5.74) is 0. The maximum atomic E-state index is 11.7. The van der Waals surface area contributed by atoms with Crippen LogP contribution in [0.5, 0.6) is 0 Å². The molecule has 1 rings (SSSR count). The quantitative estimate of drug-likeness (QED) is 0.717. The molecule has 0 bridgehead atoms. The molecule has 17 heavy (non-hydrogen) atoms. The SMILES string of the molecule is CC(CN1CCCCC1)NS(=O)(=O)C(C)CO. The molecule has 0 saturated carbocycles. The molecule has 2 atom stereocenters. The van der Waals surface area contributed by atoms with E-state index in [2.05, 4.69) is 9.62 Å². The lowest BCUT2D eigenvalue weighted by Gasteiger charge is -2.29. The van der Waals surface area contributed by atoms with Gasteiger partial charge in [-0.3, -0.25) is 0 Å². The first kappa shape index (κ1) is 14.9. The van der Waals surface area contributed by atoms with Crippen molar-refractivity contribution in [2.24, 2.45) is 0 Å². The van der Waals surface area contributed by atoms with E-state index in [4.69, 9.17) is 5.11 Å². The van der Waals surface area contributed by atoms with Gasteiger partial charge in [-0.25, -0.2) is 13.1 Å². The standard InChI is InChI=1S/C11H24N2O3S/c1-10(8-13-6-4-3-5-7-13)12-17(15,16)11(2)9-14/h10-12,14H,3-9H2,1-2H3. The Bertz CT molecular complexity index is 313. The molecule has 1 saturated heterocycles. The lowest BCUT2D eigenvalue weighted by atomic mass is 10.1. The van der Waals surface area contributed by atoms with Crippen molar-refractivity contribution in [1.82, 2.24) is 9.62 Å². The number of hydrogen-bond donors (Lipinski definition) is 2.